The largest absolute Gasteiger partial charge is 0.402 e. The first-order chi connectivity index (χ1) is 7.06. The topological polar surface area (TPSA) is 0 Å². The predicted molar refractivity (Wildman–Crippen MR) is 51.1 cm³/mol. The minimum atomic E-state index is -5.24. The van der Waals surface area contributed by atoms with Gasteiger partial charge in [0.25, 0.3) is 0 Å². The first-order valence-electron chi connectivity index (χ1n) is 5.19. The minimum absolute atomic E-state index is 0.0878. The van der Waals surface area contributed by atoms with E-state index in [9.17, 15) is 26.3 Å². The molecule has 0 aromatic carbocycles. The normalized spacial score (nSPS) is 13.1. The Kier molecular flexibility index (Phi) is 7.13. The number of alkyl halides is 6. The van der Waals surface area contributed by atoms with Crippen molar-refractivity contribution >= 4 is 0 Å². The van der Waals surface area contributed by atoms with E-state index in [1.54, 1.807) is 6.92 Å². The molecule has 0 aromatic rings. The molecule has 0 bridgehead atoms. The number of rotatable bonds is 3. The van der Waals surface area contributed by atoms with Gasteiger partial charge in [-0.3, -0.25) is 0 Å². The molecule has 16 heavy (non-hydrogen) atoms. The van der Waals surface area contributed by atoms with Crippen LogP contribution in [0.2, 0.25) is 0 Å². The quantitative estimate of drug-likeness (QED) is 0.595. The first kappa shape index (κ1) is 18.0. The van der Waals surface area contributed by atoms with Gasteiger partial charge in [0.1, 0.15) is 0 Å². The molecule has 0 fully saturated rings. The van der Waals surface area contributed by atoms with Crippen molar-refractivity contribution in [1.82, 2.24) is 0 Å². The molecule has 0 aliphatic rings. The van der Waals surface area contributed by atoms with Crippen LogP contribution in [0.25, 0.3) is 0 Å². The van der Waals surface area contributed by atoms with Gasteiger partial charge in [0.15, 0.2) is 5.41 Å². The summed E-state index contributed by atoms with van der Waals surface area (Å²) in [6.07, 6.45) is -11.2. The highest BCUT2D eigenvalue weighted by Gasteiger charge is 2.66. The van der Waals surface area contributed by atoms with E-state index >= 15 is 0 Å². The summed E-state index contributed by atoms with van der Waals surface area (Å²) in [6.45, 7) is 5.76. The summed E-state index contributed by atoms with van der Waals surface area (Å²) in [5.74, 6) is 0. The Hall–Kier alpha value is -0.420. The lowest BCUT2D eigenvalue weighted by molar-refractivity contribution is -0.336. The molecule has 0 unspecified atom stereocenters. The van der Waals surface area contributed by atoms with E-state index in [4.69, 9.17) is 0 Å². The number of hydrogen-bond donors (Lipinski definition) is 0. The smallest absolute Gasteiger partial charge is 0.170 e. The van der Waals surface area contributed by atoms with E-state index in [-0.39, 0.29) is 13.3 Å². The summed E-state index contributed by atoms with van der Waals surface area (Å²) in [5.41, 5.74) is -3.57. The summed E-state index contributed by atoms with van der Waals surface area (Å²) in [7, 11) is 0. The summed E-state index contributed by atoms with van der Waals surface area (Å²) in [6, 6.07) is 0. The second kappa shape index (κ2) is 6.35. The molecule has 100 valence electrons. The van der Waals surface area contributed by atoms with Gasteiger partial charge < -0.3 is 0 Å². The zero-order valence-corrected chi connectivity index (χ0v) is 9.89. The molecule has 0 atom stereocenters. The molecule has 0 saturated heterocycles. The summed E-state index contributed by atoms with van der Waals surface area (Å²) in [5, 5.41) is 0. The van der Waals surface area contributed by atoms with E-state index in [0.717, 1.165) is 0 Å². The molecule has 0 aliphatic carbocycles. The lowest BCUT2D eigenvalue weighted by Crippen LogP contribution is -2.47. The molecule has 0 amide bonds. The zero-order chi connectivity index (χ0) is 13.6. The fourth-order valence-corrected chi connectivity index (χ4v) is 0.975. The van der Waals surface area contributed by atoms with Crippen molar-refractivity contribution in [3.05, 3.63) is 0 Å². The van der Waals surface area contributed by atoms with Gasteiger partial charge in [-0.1, -0.05) is 33.6 Å². The van der Waals surface area contributed by atoms with Crippen molar-refractivity contribution < 1.29 is 26.3 Å². The molecule has 0 aromatic heterocycles. The van der Waals surface area contributed by atoms with Crippen LogP contribution >= 0.6 is 0 Å². The zero-order valence-electron chi connectivity index (χ0n) is 9.89. The van der Waals surface area contributed by atoms with Crippen LogP contribution in [0.3, 0.4) is 0 Å². The van der Waals surface area contributed by atoms with Crippen LogP contribution in [0.4, 0.5) is 26.3 Å². The van der Waals surface area contributed by atoms with E-state index in [0.29, 0.717) is 6.42 Å². The second-order valence-corrected chi connectivity index (χ2v) is 3.43. The van der Waals surface area contributed by atoms with Crippen LogP contribution < -0.4 is 0 Å². The molecule has 0 N–H and O–H groups in total. The molecule has 0 spiro atoms. The van der Waals surface area contributed by atoms with Crippen LogP contribution in [-0.2, 0) is 0 Å². The molecule has 0 rings (SSSR count). The van der Waals surface area contributed by atoms with Crippen molar-refractivity contribution in [2.45, 2.75) is 59.3 Å². The van der Waals surface area contributed by atoms with Crippen LogP contribution in [0.1, 0.15) is 47.0 Å². The van der Waals surface area contributed by atoms with Crippen LogP contribution in [0, 0.1) is 5.41 Å². The Morgan fingerprint density at radius 3 is 1.31 bits per heavy atom. The average Bonchev–Trinajstić information content (AvgIpc) is 2.13. The number of halogens is 6. The standard InChI is InChI=1S/C8H12F6.C2H6/c1-3-4-5-6(2,7(9,10)11)8(12,13)14;1-2/h3-5H2,1-2H3;1-2H3. The lowest BCUT2D eigenvalue weighted by Gasteiger charge is -2.33. The van der Waals surface area contributed by atoms with Gasteiger partial charge in [0.05, 0.1) is 0 Å². The van der Waals surface area contributed by atoms with E-state index in [1.165, 1.54) is 0 Å². The van der Waals surface area contributed by atoms with Crippen LogP contribution in [0.15, 0.2) is 0 Å². The van der Waals surface area contributed by atoms with Crippen LogP contribution in [0.5, 0.6) is 0 Å². The molecule has 0 saturated carbocycles. The number of hydrogen-bond acceptors (Lipinski definition) is 0. The third-order valence-electron chi connectivity index (χ3n) is 2.28. The molecule has 0 aliphatic heterocycles. The van der Waals surface area contributed by atoms with Crippen molar-refractivity contribution in [2.24, 2.45) is 5.41 Å². The summed E-state index contributed by atoms with van der Waals surface area (Å²) < 4.78 is 73.2. The predicted octanol–water partition coefficient (Wildman–Crippen LogP) is 5.33. The summed E-state index contributed by atoms with van der Waals surface area (Å²) in [4.78, 5) is 0. The monoisotopic (exact) mass is 252 g/mol. The fraction of sp³-hybridized carbons (Fsp3) is 1.00. The summed E-state index contributed by atoms with van der Waals surface area (Å²) >= 11 is 0. The van der Waals surface area contributed by atoms with Crippen molar-refractivity contribution in [2.75, 3.05) is 0 Å². The van der Waals surface area contributed by atoms with Gasteiger partial charge in [0.2, 0.25) is 0 Å². The second-order valence-electron chi connectivity index (χ2n) is 3.43. The van der Waals surface area contributed by atoms with Crippen molar-refractivity contribution in [3.8, 4) is 0 Å². The van der Waals surface area contributed by atoms with Crippen molar-refractivity contribution in [1.29, 1.82) is 0 Å². The SMILES string of the molecule is CC.CCCCC(C)(C(F)(F)F)C(F)(F)F. The average molecular weight is 252 g/mol. The van der Waals surface area contributed by atoms with Crippen LogP contribution in [-0.4, -0.2) is 12.4 Å². The molecular formula is C10H18F6. The van der Waals surface area contributed by atoms with E-state index in [1.807, 2.05) is 13.8 Å². The maximum Gasteiger partial charge on any atom is 0.402 e. The molecule has 0 radical (unpaired) electrons. The highest BCUT2D eigenvalue weighted by molar-refractivity contribution is 4.88. The molecule has 0 nitrogen and oxygen atoms in total. The molecular weight excluding hydrogens is 234 g/mol. The highest BCUT2D eigenvalue weighted by atomic mass is 19.4. The molecule has 0 heterocycles. The van der Waals surface area contributed by atoms with E-state index < -0.39 is 24.2 Å². The maximum atomic E-state index is 12.2. The van der Waals surface area contributed by atoms with Crippen molar-refractivity contribution in [3.63, 3.8) is 0 Å². The Balaban J connectivity index is 0. The Morgan fingerprint density at radius 1 is 0.812 bits per heavy atom. The van der Waals surface area contributed by atoms with Gasteiger partial charge in [-0.25, -0.2) is 0 Å². The Labute approximate surface area is 92.0 Å². The highest BCUT2D eigenvalue weighted by Crippen LogP contribution is 2.52. The third kappa shape index (κ3) is 4.22. The van der Waals surface area contributed by atoms with Gasteiger partial charge in [-0.15, -0.1) is 0 Å². The fourth-order valence-electron chi connectivity index (χ4n) is 0.975. The third-order valence-corrected chi connectivity index (χ3v) is 2.28. The Bertz CT molecular complexity index is 165. The molecule has 6 heteroatoms. The maximum absolute atomic E-state index is 12.2. The van der Waals surface area contributed by atoms with Gasteiger partial charge in [-0.05, 0) is 13.3 Å². The first-order valence-corrected chi connectivity index (χ1v) is 5.19. The van der Waals surface area contributed by atoms with E-state index in [2.05, 4.69) is 0 Å². The van der Waals surface area contributed by atoms with Gasteiger partial charge in [0, 0.05) is 0 Å². The number of unbranched alkanes of at least 4 members (excludes halogenated alkanes) is 1. The minimum Gasteiger partial charge on any atom is -0.170 e. The van der Waals surface area contributed by atoms with Gasteiger partial charge in [-0.2, -0.15) is 26.3 Å². The Morgan fingerprint density at radius 2 is 1.12 bits per heavy atom. The van der Waals surface area contributed by atoms with Gasteiger partial charge >= 0.3 is 12.4 Å². The lowest BCUT2D eigenvalue weighted by atomic mass is 9.83.